The lowest BCUT2D eigenvalue weighted by Crippen LogP contribution is -2.34. The number of aliphatic imine (C=N–C) groups is 1. The number of phenols is 1. The van der Waals surface area contributed by atoms with Gasteiger partial charge in [0.1, 0.15) is 11.8 Å². The summed E-state index contributed by atoms with van der Waals surface area (Å²) in [5.74, 6) is 0.160. The van der Waals surface area contributed by atoms with Crippen molar-refractivity contribution in [2.24, 2.45) is 10.4 Å². The molecule has 0 aromatic heterocycles. The zero-order valence-corrected chi connectivity index (χ0v) is 22.0. The Bertz CT molecular complexity index is 1160. The molecule has 1 unspecified atom stereocenters. The van der Waals surface area contributed by atoms with Crippen LogP contribution in [0.5, 0.6) is 5.75 Å². The molecule has 3 aromatic carbocycles. The molecule has 0 aliphatic carbocycles. The molecular formula is C30H35ClN2O2. The highest BCUT2D eigenvalue weighted by Crippen LogP contribution is 2.31. The van der Waals surface area contributed by atoms with Gasteiger partial charge in [0.25, 0.3) is 5.91 Å². The van der Waals surface area contributed by atoms with Gasteiger partial charge in [0.2, 0.25) is 0 Å². The van der Waals surface area contributed by atoms with E-state index in [0.717, 1.165) is 35.4 Å². The molecule has 4 nitrogen and oxygen atoms in total. The second-order valence-electron chi connectivity index (χ2n) is 10.5. The summed E-state index contributed by atoms with van der Waals surface area (Å²) in [6, 6.07) is 22.2. The average Bonchev–Trinajstić information content (AvgIpc) is 2.90. The predicted molar refractivity (Wildman–Crippen MR) is 147 cm³/mol. The highest BCUT2D eigenvalue weighted by molar-refractivity contribution is 6.32. The first kappa shape index (κ1) is 26.5. The van der Waals surface area contributed by atoms with Gasteiger partial charge >= 0.3 is 0 Å². The number of benzodiazepines with no additional fused rings is 1. The van der Waals surface area contributed by atoms with Crippen LogP contribution in [0.25, 0.3) is 0 Å². The number of amides is 1. The number of carbonyl (C=O) groups is 1. The van der Waals surface area contributed by atoms with Crippen molar-refractivity contribution in [1.29, 1.82) is 0 Å². The summed E-state index contributed by atoms with van der Waals surface area (Å²) in [4.78, 5) is 19.8. The van der Waals surface area contributed by atoms with Crippen molar-refractivity contribution in [2.75, 3.05) is 11.9 Å². The Hall–Kier alpha value is -3.11. The number of likely N-dealkylation sites (N-methyl/N-ethyl adjacent to an activating group) is 1. The van der Waals surface area contributed by atoms with Gasteiger partial charge in [0.15, 0.2) is 0 Å². The molecule has 0 fully saturated rings. The van der Waals surface area contributed by atoms with Crippen LogP contribution in [0.1, 0.15) is 57.2 Å². The minimum Gasteiger partial charge on any atom is -0.508 e. The van der Waals surface area contributed by atoms with E-state index >= 15 is 0 Å². The number of hydrogen-bond donors (Lipinski definition) is 1. The van der Waals surface area contributed by atoms with Crippen molar-refractivity contribution in [3.05, 3.63) is 94.5 Å². The van der Waals surface area contributed by atoms with Gasteiger partial charge in [-0.1, -0.05) is 69.6 Å². The van der Waals surface area contributed by atoms with Gasteiger partial charge in [0, 0.05) is 23.2 Å². The maximum atomic E-state index is 13.2. The second kappa shape index (κ2) is 11.5. The summed E-state index contributed by atoms with van der Waals surface area (Å²) in [6.45, 7) is 8.75. The lowest BCUT2D eigenvalue weighted by atomic mass is 10.00. The maximum Gasteiger partial charge on any atom is 0.251 e. The predicted octanol–water partition coefficient (Wildman–Crippen LogP) is 7.30. The number of phenolic OH excluding ortho intramolecular Hbond substituents is 1. The third-order valence-electron chi connectivity index (χ3n) is 5.40. The molecule has 1 amide bonds. The number of halogens is 1. The average molecular weight is 491 g/mol. The lowest BCUT2D eigenvalue weighted by Gasteiger charge is -2.20. The van der Waals surface area contributed by atoms with Crippen molar-refractivity contribution in [3.63, 3.8) is 0 Å². The summed E-state index contributed by atoms with van der Waals surface area (Å²) in [5, 5.41) is 10.3. The highest BCUT2D eigenvalue weighted by atomic mass is 35.5. The van der Waals surface area contributed by atoms with Crippen LogP contribution in [0, 0.1) is 5.41 Å². The summed E-state index contributed by atoms with van der Waals surface area (Å²) >= 11 is 6.28. The fourth-order valence-corrected chi connectivity index (χ4v) is 3.97. The van der Waals surface area contributed by atoms with Crippen LogP contribution < -0.4 is 4.90 Å². The quantitative estimate of drug-likeness (QED) is 0.407. The molecule has 184 valence electrons. The smallest absolute Gasteiger partial charge is 0.251 e. The summed E-state index contributed by atoms with van der Waals surface area (Å²) < 4.78 is 0. The number of benzene rings is 3. The standard InChI is InChI=1S/C25H23ClN2O2.C5H12/c1-28-23-15-12-19(26)16-21(23)24(18-10-13-20(29)14-11-18)27-22(25(28)30)9-5-8-17-6-3-2-4-7-17;1-5(2,3)4/h2-4,6-7,10-16,22,29H,5,8-9H2,1H3;1-4H3. The summed E-state index contributed by atoms with van der Waals surface area (Å²) in [7, 11) is 1.79. The number of aromatic hydroxyl groups is 1. The van der Waals surface area contributed by atoms with Crippen LogP contribution in [-0.2, 0) is 11.2 Å². The minimum absolute atomic E-state index is 0.0274. The Kier molecular flexibility index (Phi) is 8.74. The number of hydrogen-bond acceptors (Lipinski definition) is 3. The van der Waals surface area contributed by atoms with Crippen LogP contribution in [0.15, 0.2) is 77.8 Å². The van der Waals surface area contributed by atoms with Crippen molar-refractivity contribution in [2.45, 2.75) is 53.0 Å². The van der Waals surface area contributed by atoms with Crippen molar-refractivity contribution >= 4 is 28.9 Å². The third-order valence-corrected chi connectivity index (χ3v) is 5.64. The third kappa shape index (κ3) is 7.69. The highest BCUT2D eigenvalue weighted by Gasteiger charge is 2.29. The first-order chi connectivity index (χ1) is 16.5. The minimum atomic E-state index is -0.478. The van der Waals surface area contributed by atoms with Crippen LogP contribution in [0.2, 0.25) is 5.02 Å². The van der Waals surface area contributed by atoms with Gasteiger partial charge in [-0.05, 0) is 72.7 Å². The molecule has 35 heavy (non-hydrogen) atoms. The number of nitrogens with zero attached hydrogens (tertiary/aromatic N) is 2. The first-order valence-corrected chi connectivity index (χ1v) is 12.4. The molecular weight excluding hydrogens is 456 g/mol. The van der Waals surface area contributed by atoms with Crippen LogP contribution in [0.3, 0.4) is 0 Å². The summed E-state index contributed by atoms with van der Waals surface area (Å²) in [6.07, 6.45) is 2.41. The number of carbonyl (C=O) groups excluding carboxylic acids is 1. The Morgan fingerprint density at radius 1 is 0.971 bits per heavy atom. The Balaban J connectivity index is 0.000000623. The maximum absolute atomic E-state index is 13.2. The van der Waals surface area contributed by atoms with E-state index < -0.39 is 6.04 Å². The van der Waals surface area contributed by atoms with Gasteiger partial charge in [0.05, 0.1) is 11.4 Å². The fourth-order valence-electron chi connectivity index (χ4n) is 3.79. The van der Waals surface area contributed by atoms with Crippen LogP contribution >= 0.6 is 11.6 Å². The number of aryl methyl sites for hydroxylation is 1. The first-order valence-electron chi connectivity index (χ1n) is 12.0. The van der Waals surface area contributed by atoms with E-state index in [1.165, 1.54) is 5.56 Å². The molecule has 1 N–H and O–H groups in total. The van der Waals surface area contributed by atoms with Crippen LogP contribution in [0.4, 0.5) is 5.69 Å². The molecule has 1 heterocycles. The van der Waals surface area contributed by atoms with Gasteiger partial charge in [-0.3, -0.25) is 9.79 Å². The molecule has 1 aliphatic heterocycles. The van der Waals surface area contributed by atoms with Crippen molar-refractivity contribution in [1.82, 2.24) is 0 Å². The number of anilines is 1. The molecule has 0 spiro atoms. The van der Waals surface area contributed by atoms with E-state index in [1.807, 2.05) is 42.5 Å². The Morgan fingerprint density at radius 2 is 1.60 bits per heavy atom. The topological polar surface area (TPSA) is 52.9 Å². The molecule has 0 radical (unpaired) electrons. The Morgan fingerprint density at radius 3 is 2.23 bits per heavy atom. The zero-order chi connectivity index (χ0) is 25.6. The molecule has 3 aromatic rings. The van der Waals surface area contributed by atoms with E-state index in [4.69, 9.17) is 16.6 Å². The molecule has 0 saturated carbocycles. The van der Waals surface area contributed by atoms with Gasteiger partial charge in [-0.15, -0.1) is 0 Å². The van der Waals surface area contributed by atoms with Gasteiger partial charge < -0.3 is 10.0 Å². The lowest BCUT2D eigenvalue weighted by molar-refractivity contribution is -0.119. The number of rotatable bonds is 5. The van der Waals surface area contributed by atoms with Gasteiger partial charge in [-0.2, -0.15) is 0 Å². The number of fused-ring (bicyclic) bond motifs is 1. The van der Waals surface area contributed by atoms with Crippen LogP contribution in [-0.4, -0.2) is 29.8 Å². The van der Waals surface area contributed by atoms with E-state index in [9.17, 15) is 9.90 Å². The van der Waals surface area contributed by atoms with E-state index in [0.29, 0.717) is 16.9 Å². The van der Waals surface area contributed by atoms with E-state index in [1.54, 1.807) is 30.1 Å². The fraction of sp³-hybridized carbons (Fsp3) is 0.333. The van der Waals surface area contributed by atoms with Crippen molar-refractivity contribution < 1.29 is 9.90 Å². The molecule has 0 saturated heterocycles. The molecule has 0 bridgehead atoms. The molecule has 5 heteroatoms. The SMILES string of the molecule is CC(C)(C)C.CN1C(=O)C(CCCc2ccccc2)N=C(c2ccc(O)cc2)c2cc(Cl)ccc21. The Labute approximate surface area is 214 Å². The summed E-state index contributed by atoms with van der Waals surface area (Å²) in [5.41, 5.74) is 4.91. The monoisotopic (exact) mass is 490 g/mol. The van der Waals surface area contributed by atoms with Crippen molar-refractivity contribution in [3.8, 4) is 5.75 Å². The van der Waals surface area contributed by atoms with E-state index in [2.05, 4.69) is 39.8 Å². The molecule has 1 aliphatic rings. The van der Waals surface area contributed by atoms with E-state index in [-0.39, 0.29) is 11.7 Å². The largest absolute Gasteiger partial charge is 0.508 e. The normalized spacial score (nSPS) is 15.5. The zero-order valence-electron chi connectivity index (χ0n) is 21.3. The molecule has 4 rings (SSSR count). The second-order valence-corrected chi connectivity index (χ2v) is 10.9. The molecule has 1 atom stereocenters. The van der Waals surface area contributed by atoms with Gasteiger partial charge in [-0.25, -0.2) is 0 Å².